The van der Waals surface area contributed by atoms with Crippen LogP contribution in [0.4, 0.5) is 0 Å². The zero-order valence-electron chi connectivity index (χ0n) is 12.7. The molecule has 0 aliphatic carbocycles. The highest BCUT2D eigenvalue weighted by molar-refractivity contribution is 7.09. The number of ether oxygens (including phenoxy) is 1. The third-order valence-electron chi connectivity index (χ3n) is 3.97. The highest BCUT2D eigenvalue weighted by atomic mass is 32.1. The molecular weight excluding hydrogens is 308 g/mol. The van der Waals surface area contributed by atoms with E-state index in [0.29, 0.717) is 12.5 Å². The number of nitrogens with zero attached hydrogens (tertiary/aromatic N) is 4. The van der Waals surface area contributed by atoms with Gasteiger partial charge in [-0.25, -0.2) is 4.98 Å². The quantitative estimate of drug-likeness (QED) is 0.723. The minimum Gasteiger partial charge on any atom is -0.475 e. The van der Waals surface area contributed by atoms with Gasteiger partial charge in [-0.05, 0) is 23.6 Å². The van der Waals surface area contributed by atoms with Crippen LogP contribution in [0.2, 0.25) is 0 Å². The number of thiophene rings is 1. The first-order valence-corrected chi connectivity index (χ1v) is 8.57. The van der Waals surface area contributed by atoms with E-state index >= 15 is 0 Å². The molecule has 3 aromatic heterocycles. The summed E-state index contributed by atoms with van der Waals surface area (Å²) < 4.78 is 7.95. The lowest BCUT2D eigenvalue weighted by atomic mass is 10.2. The summed E-state index contributed by atoms with van der Waals surface area (Å²) >= 11 is 1.81. The van der Waals surface area contributed by atoms with E-state index in [4.69, 9.17) is 4.74 Å². The lowest BCUT2D eigenvalue weighted by molar-refractivity contribution is 0.126. The Morgan fingerprint density at radius 2 is 2.17 bits per heavy atom. The van der Waals surface area contributed by atoms with Crippen molar-refractivity contribution in [1.82, 2.24) is 19.7 Å². The van der Waals surface area contributed by atoms with Crippen molar-refractivity contribution in [1.29, 1.82) is 0 Å². The van der Waals surface area contributed by atoms with Gasteiger partial charge in [0.1, 0.15) is 6.61 Å². The van der Waals surface area contributed by atoms with Crippen LogP contribution in [0.3, 0.4) is 0 Å². The van der Waals surface area contributed by atoms with E-state index in [9.17, 15) is 0 Å². The normalized spacial score (nSPS) is 17.8. The van der Waals surface area contributed by atoms with Crippen LogP contribution < -0.4 is 4.74 Å². The fraction of sp³-hybridized carbons (Fsp3) is 0.294. The number of pyridine rings is 1. The Bertz CT molecular complexity index is 741. The van der Waals surface area contributed by atoms with Gasteiger partial charge in [-0.3, -0.25) is 9.58 Å². The summed E-state index contributed by atoms with van der Waals surface area (Å²) in [5, 5.41) is 6.60. The molecule has 0 amide bonds. The smallest absolute Gasteiger partial charge is 0.213 e. The number of fused-ring (bicyclic) bond motifs is 1. The van der Waals surface area contributed by atoms with E-state index in [1.165, 1.54) is 10.6 Å². The van der Waals surface area contributed by atoms with Crippen LogP contribution >= 0.6 is 11.3 Å². The predicted octanol–water partition coefficient (Wildman–Crippen LogP) is 2.98. The molecule has 0 bridgehead atoms. The van der Waals surface area contributed by atoms with Crippen LogP contribution in [0.15, 0.2) is 54.2 Å². The van der Waals surface area contributed by atoms with Crippen LogP contribution in [0.1, 0.15) is 16.6 Å². The second-order valence-electron chi connectivity index (χ2n) is 5.65. The Hall–Kier alpha value is -2.18. The Kier molecular flexibility index (Phi) is 4.08. The van der Waals surface area contributed by atoms with E-state index in [2.05, 4.69) is 43.2 Å². The van der Waals surface area contributed by atoms with E-state index in [1.54, 1.807) is 17.5 Å². The molecule has 0 aromatic carbocycles. The predicted molar refractivity (Wildman–Crippen MR) is 89.4 cm³/mol. The van der Waals surface area contributed by atoms with Crippen molar-refractivity contribution in [2.24, 2.45) is 0 Å². The summed E-state index contributed by atoms with van der Waals surface area (Å²) in [6, 6.07) is 12.3. The van der Waals surface area contributed by atoms with Gasteiger partial charge in [0, 0.05) is 43.0 Å². The fourth-order valence-corrected chi connectivity index (χ4v) is 3.69. The first-order valence-electron chi connectivity index (χ1n) is 7.69. The minimum absolute atomic E-state index is 0.204. The van der Waals surface area contributed by atoms with Gasteiger partial charge in [0.15, 0.2) is 0 Å². The van der Waals surface area contributed by atoms with Gasteiger partial charge in [-0.2, -0.15) is 5.10 Å². The molecule has 0 saturated heterocycles. The SMILES string of the molecule is c1ccc(OCC2CN(Cc3cccs3)Cc3ccnn32)nc1. The Morgan fingerprint density at radius 3 is 3.00 bits per heavy atom. The zero-order valence-corrected chi connectivity index (χ0v) is 13.5. The van der Waals surface area contributed by atoms with Gasteiger partial charge in [-0.1, -0.05) is 12.1 Å². The maximum atomic E-state index is 5.86. The molecule has 1 unspecified atom stereocenters. The maximum Gasteiger partial charge on any atom is 0.213 e. The molecule has 118 valence electrons. The first-order chi connectivity index (χ1) is 11.4. The molecule has 4 rings (SSSR count). The molecule has 0 fully saturated rings. The van der Waals surface area contributed by atoms with Gasteiger partial charge in [0.25, 0.3) is 0 Å². The Morgan fingerprint density at radius 1 is 1.17 bits per heavy atom. The summed E-state index contributed by atoms with van der Waals surface area (Å²) in [6.07, 6.45) is 3.62. The molecule has 1 aliphatic rings. The van der Waals surface area contributed by atoms with Crippen molar-refractivity contribution in [2.75, 3.05) is 13.2 Å². The average Bonchev–Trinajstić information content (AvgIpc) is 3.25. The standard InChI is InChI=1S/C17H18N4OS/c1-2-7-18-17(5-1)22-13-15-11-20(12-16-4-3-9-23-16)10-14-6-8-19-21(14)15/h1-9,15H,10-13H2. The third-order valence-corrected chi connectivity index (χ3v) is 4.83. The number of hydrogen-bond acceptors (Lipinski definition) is 5. The zero-order chi connectivity index (χ0) is 15.5. The van der Waals surface area contributed by atoms with Crippen LogP contribution in [-0.2, 0) is 13.1 Å². The highest BCUT2D eigenvalue weighted by Crippen LogP contribution is 2.23. The molecule has 0 N–H and O–H groups in total. The van der Waals surface area contributed by atoms with E-state index < -0.39 is 0 Å². The molecule has 1 atom stereocenters. The van der Waals surface area contributed by atoms with Gasteiger partial charge < -0.3 is 4.74 Å². The first kappa shape index (κ1) is 14.4. The maximum absolute atomic E-state index is 5.86. The molecule has 0 radical (unpaired) electrons. The van der Waals surface area contributed by atoms with E-state index in [0.717, 1.165) is 19.6 Å². The van der Waals surface area contributed by atoms with Crippen LogP contribution in [0.25, 0.3) is 0 Å². The van der Waals surface area contributed by atoms with Crippen molar-refractivity contribution >= 4 is 11.3 Å². The van der Waals surface area contributed by atoms with Crippen molar-refractivity contribution in [3.63, 3.8) is 0 Å². The molecule has 6 heteroatoms. The van der Waals surface area contributed by atoms with E-state index in [-0.39, 0.29) is 6.04 Å². The van der Waals surface area contributed by atoms with Crippen LogP contribution in [0, 0.1) is 0 Å². The summed E-state index contributed by atoms with van der Waals surface area (Å²) in [4.78, 5) is 8.07. The lowest BCUT2D eigenvalue weighted by Gasteiger charge is -2.33. The highest BCUT2D eigenvalue weighted by Gasteiger charge is 2.26. The fourth-order valence-electron chi connectivity index (χ4n) is 2.95. The summed E-state index contributed by atoms with van der Waals surface area (Å²) in [5.74, 6) is 0.664. The summed E-state index contributed by atoms with van der Waals surface area (Å²) in [5.41, 5.74) is 1.24. The van der Waals surface area contributed by atoms with E-state index in [1.807, 2.05) is 24.4 Å². The molecule has 23 heavy (non-hydrogen) atoms. The molecule has 4 heterocycles. The van der Waals surface area contributed by atoms with Gasteiger partial charge in [0.05, 0.1) is 11.7 Å². The summed E-state index contributed by atoms with van der Waals surface area (Å²) in [6.45, 7) is 3.41. The van der Waals surface area contributed by atoms with Gasteiger partial charge in [-0.15, -0.1) is 11.3 Å². The van der Waals surface area contributed by atoms with Crippen molar-refractivity contribution in [2.45, 2.75) is 19.1 Å². The van der Waals surface area contributed by atoms with Crippen molar-refractivity contribution in [3.05, 3.63) is 64.7 Å². The lowest BCUT2D eigenvalue weighted by Crippen LogP contribution is -2.39. The minimum atomic E-state index is 0.204. The second kappa shape index (κ2) is 6.52. The average molecular weight is 326 g/mol. The number of rotatable bonds is 5. The third kappa shape index (κ3) is 3.28. The topological polar surface area (TPSA) is 43.2 Å². The molecule has 1 aliphatic heterocycles. The van der Waals surface area contributed by atoms with Gasteiger partial charge in [0.2, 0.25) is 5.88 Å². The number of hydrogen-bond donors (Lipinski definition) is 0. The molecular formula is C17H18N4OS. The Balaban J connectivity index is 1.47. The van der Waals surface area contributed by atoms with Crippen LogP contribution in [0.5, 0.6) is 5.88 Å². The summed E-state index contributed by atoms with van der Waals surface area (Å²) in [7, 11) is 0. The monoisotopic (exact) mass is 326 g/mol. The second-order valence-corrected chi connectivity index (χ2v) is 6.68. The van der Waals surface area contributed by atoms with Gasteiger partial charge >= 0.3 is 0 Å². The molecule has 0 spiro atoms. The number of aromatic nitrogens is 3. The molecule has 3 aromatic rings. The largest absolute Gasteiger partial charge is 0.475 e. The Labute approximate surface area is 139 Å². The molecule has 0 saturated carbocycles. The molecule has 5 nitrogen and oxygen atoms in total. The van der Waals surface area contributed by atoms with Crippen molar-refractivity contribution < 1.29 is 4.74 Å². The van der Waals surface area contributed by atoms with Crippen molar-refractivity contribution in [3.8, 4) is 5.88 Å². The van der Waals surface area contributed by atoms with Crippen LogP contribution in [-0.4, -0.2) is 32.8 Å².